The molecule has 2 heterocycles. The van der Waals surface area contributed by atoms with Crippen LogP contribution in [0, 0.1) is 11.3 Å². The van der Waals surface area contributed by atoms with Crippen LogP contribution >= 0.6 is 0 Å². The molecule has 2 fully saturated rings. The molecule has 112 valence electrons. The molecule has 1 saturated heterocycles. The van der Waals surface area contributed by atoms with Gasteiger partial charge in [0.25, 0.3) is 0 Å². The number of tetrazole rings is 1. The summed E-state index contributed by atoms with van der Waals surface area (Å²) in [6, 6.07) is 0.511. The maximum atomic E-state index is 10.4. The normalized spacial score (nSPS) is 28.8. The molecule has 6 heteroatoms. The van der Waals surface area contributed by atoms with Gasteiger partial charge >= 0.3 is 0 Å². The van der Waals surface area contributed by atoms with E-state index in [1.54, 1.807) is 0 Å². The Balaban J connectivity index is 1.61. The van der Waals surface area contributed by atoms with Crippen molar-refractivity contribution in [2.75, 3.05) is 13.1 Å². The van der Waals surface area contributed by atoms with Crippen molar-refractivity contribution in [3.05, 3.63) is 5.82 Å². The number of piperidine rings is 1. The molecule has 20 heavy (non-hydrogen) atoms. The van der Waals surface area contributed by atoms with Crippen molar-refractivity contribution in [2.24, 2.45) is 11.3 Å². The topological polar surface area (TPSA) is 67.1 Å². The zero-order chi connectivity index (χ0) is 14.3. The zero-order valence-corrected chi connectivity index (χ0v) is 12.7. The lowest BCUT2D eigenvalue weighted by atomic mass is 9.74. The van der Waals surface area contributed by atoms with Gasteiger partial charge in [-0.25, -0.2) is 4.68 Å². The lowest BCUT2D eigenvalue weighted by Crippen LogP contribution is -2.47. The summed E-state index contributed by atoms with van der Waals surface area (Å²) in [5, 5.41) is 22.4. The van der Waals surface area contributed by atoms with Crippen molar-refractivity contribution in [3.8, 4) is 0 Å². The predicted molar refractivity (Wildman–Crippen MR) is 74.9 cm³/mol. The monoisotopic (exact) mass is 279 g/mol. The van der Waals surface area contributed by atoms with E-state index in [0.29, 0.717) is 12.0 Å². The van der Waals surface area contributed by atoms with E-state index in [1.807, 2.05) is 4.68 Å². The van der Waals surface area contributed by atoms with Gasteiger partial charge in [-0.2, -0.15) is 0 Å². The van der Waals surface area contributed by atoms with E-state index in [4.69, 9.17) is 0 Å². The van der Waals surface area contributed by atoms with Crippen LogP contribution in [0.1, 0.15) is 51.9 Å². The molecule has 1 aromatic rings. The standard InChI is InChI=1S/C14H25N5O/c1-14(2,3)11-6-7-18(8-12(11)20)9-13-15-16-17-19(13)10-4-5-10/h10-12,20H,4-9H2,1-3H3/t11-,12+/m0/s1. The summed E-state index contributed by atoms with van der Waals surface area (Å²) in [7, 11) is 0. The Kier molecular flexibility index (Phi) is 3.54. The smallest absolute Gasteiger partial charge is 0.165 e. The quantitative estimate of drug-likeness (QED) is 0.901. The van der Waals surface area contributed by atoms with Crippen LogP contribution in [0.4, 0.5) is 0 Å². The number of hydrogen-bond acceptors (Lipinski definition) is 5. The number of nitrogens with zero attached hydrogens (tertiary/aromatic N) is 5. The number of aliphatic hydroxyl groups is 1. The Morgan fingerprint density at radius 1 is 1.25 bits per heavy atom. The minimum absolute atomic E-state index is 0.168. The molecule has 2 atom stereocenters. The Morgan fingerprint density at radius 3 is 2.60 bits per heavy atom. The van der Waals surface area contributed by atoms with Gasteiger partial charge in [0.2, 0.25) is 0 Å². The highest BCUT2D eigenvalue weighted by molar-refractivity contribution is 4.93. The molecule has 0 amide bonds. The first-order chi connectivity index (χ1) is 9.45. The molecule has 1 N–H and O–H groups in total. The van der Waals surface area contributed by atoms with E-state index >= 15 is 0 Å². The predicted octanol–water partition coefficient (Wildman–Crippen LogP) is 1.24. The summed E-state index contributed by atoms with van der Waals surface area (Å²) in [6.45, 7) is 9.12. The van der Waals surface area contributed by atoms with Crippen molar-refractivity contribution in [1.82, 2.24) is 25.1 Å². The fourth-order valence-electron chi connectivity index (χ4n) is 3.27. The first-order valence-corrected chi connectivity index (χ1v) is 7.62. The minimum atomic E-state index is -0.256. The van der Waals surface area contributed by atoms with E-state index in [0.717, 1.165) is 31.9 Å². The number of likely N-dealkylation sites (tertiary alicyclic amines) is 1. The summed E-state index contributed by atoms with van der Waals surface area (Å²) in [4.78, 5) is 2.28. The maximum Gasteiger partial charge on any atom is 0.165 e. The lowest BCUT2D eigenvalue weighted by Gasteiger charge is -2.42. The molecule has 0 unspecified atom stereocenters. The van der Waals surface area contributed by atoms with Crippen LogP contribution in [0.15, 0.2) is 0 Å². The fraction of sp³-hybridized carbons (Fsp3) is 0.929. The van der Waals surface area contributed by atoms with Gasteiger partial charge in [-0.05, 0) is 47.6 Å². The largest absolute Gasteiger partial charge is 0.391 e. The third-order valence-corrected chi connectivity index (χ3v) is 4.60. The van der Waals surface area contributed by atoms with Gasteiger partial charge in [0.1, 0.15) is 0 Å². The fourth-order valence-corrected chi connectivity index (χ4v) is 3.27. The molecule has 0 bridgehead atoms. The Morgan fingerprint density at radius 2 is 2.00 bits per heavy atom. The van der Waals surface area contributed by atoms with E-state index in [-0.39, 0.29) is 11.5 Å². The van der Waals surface area contributed by atoms with E-state index in [1.165, 1.54) is 12.8 Å². The second kappa shape index (κ2) is 5.07. The summed E-state index contributed by atoms with van der Waals surface area (Å²) in [6.07, 6.45) is 3.16. The van der Waals surface area contributed by atoms with E-state index in [9.17, 15) is 5.11 Å². The highest BCUT2D eigenvalue weighted by atomic mass is 16.3. The number of hydrogen-bond donors (Lipinski definition) is 1. The molecule has 1 aromatic heterocycles. The highest BCUT2D eigenvalue weighted by Crippen LogP contribution is 2.36. The second-order valence-corrected chi connectivity index (χ2v) is 7.33. The summed E-state index contributed by atoms with van der Waals surface area (Å²) in [5.74, 6) is 1.31. The van der Waals surface area contributed by atoms with Crippen LogP contribution in [-0.4, -0.2) is 49.4 Å². The summed E-state index contributed by atoms with van der Waals surface area (Å²) < 4.78 is 1.96. The highest BCUT2D eigenvalue weighted by Gasteiger charge is 2.36. The summed E-state index contributed by atoms with van der Waals surface area (Å²) >= 11 is 0. The third-order valence-electron chi connectivity index (χ3n) is 4.60. The van der Waals surface area contributed by atoms with Gasteiger partial charge in [0.15, 0.2) is 5.82 Å². The van der Waals surface area contributed by atoms with E-state index in [2.05, 4.69) is 41.2 Å². The number of rotatable bonds is 3. The minimum Gasteiger partial charge on any atom is -0.391 e. The molecule has 2 aliphatic rings. The zero-order valence-electron chi connectivity index (χ0n) is 12.7. The molecular weight excluding hydrogens is 254 g/mol. The van der Waals surface area contributed by atoms with Crippen molar-refractivity contribution < 1.29 is 5.11 Å². The molecule has 3 rings (SSSR count). The lowest BCUT2D eigenvalue weighted by molar-refractivity contribution is -0.0274. The molecule has 1 aliphatic heterocycles. The Hall–Kier alpha value is -1.01. The Labute approximate surface area is 120 Å². The van der Waals surface area contributed by atoms with Crippen molar-refractivity contribution in [1.29, 1.82) is 0 Å². The maximum absolute atomic E-state index is 10.4. The van der Waals surface area contributed by atoms with Crippen LogP contribution in [-0.2, 0) is 6.54 Å². The van der Waals surface area contributed by atoms with Crippen LogP contribution < -0.4 is 0 Å². The molecule has 1 aliphatic carbocycles. The van der Waals surface area contributed by atoms with Gasteiger partial charge in [-0.1, -0.05) is 20.8 Å². The van der Waals surface area contributed by atoms with Gasteiger partial charge < -0.3 is 5.11 Å². The van der Waals surface area contributed by atoms with Crippen molar-refractivity contribution in [3.63, 3.8) is 0 Å². The van der Waals surface area contributed by atoms with Gasteiger partial charge in [-0.15, -0.1) is 5.10 Å². The average Bonchev–Trinajstić information content (AvgIpc) is 3.09. The van der Waals surface area contributed by atoms with Crippen LogP contribution in [0.5, 0.6) is 0 Å². The van der Waals surface area contributed by atoms with Gasteiger partial charge in [0, 0.05) is 6.54 Å². The molecule has 0 spiro atoms. The molecule has 6 nitrogen and oxygen atoms in total. The number of aliphatic hydroxyl groups excluding tert-OH is 1. The van der Waals surface area contributed by atoms with Crippen LogP contribution in [0.2, 0.25) is 0 Å². The van der Waals surface area contributed by atoms with Crippen molar-refractivity contribution >= 4 is 0 Å². The first kappa shape index (κ1) is 13.9. The van der Waals surface area contributed by atoms with Crippen LogP contribution in [0.3, 0.4) is 0 Å². The van der Waals surface area contributed by atoms with Crippen molar-refractivity contribution in [2.45, 2.75) is 58.7 Å². The molecule has 0 aromatic carbocycles. The molecule has 0 radical (unpaired) electrons. The van der Waals surface area contributed by atoms with Gasteiger partial charge in [-0.3, -0.25) is 4.90 Å². The van der Waals surface area contributed by atoms with Gasteiger partial charge in [0.05, 0.1) is 18.7 Å². The second-order valence-electron chi connectivity index (χ2n) is 7.33. The first-order valence-electron chi connectivity index (χ1n) is 7.62. The number of aromatic nitrogens is 4. The average molecular weight is 279 g/mol. The van der Waals surface area contributed by atoms with Crippen LogP contribution in [0.25, 0.3) is 0 Å². The molecular formula is C14H25N5O. The Bertz CT molecular complexity index is 462. The third kappa shape index (κ3) is 2.86. The summed E-state index contributed by atoms with van der Waals surface area (Å²) in [5.41, 5.74) is 0.168. The molecule has 1 saturated carbocycles. The number of β-amino-alcohol motifs (C(OH)–C–C–N with tert-alkyl or cyclic N) is 1. The van der Waals surface area contributed by atoms with E-state index < -0.39 is 0 Å². The SMILES string of the molecule is CC(C)(C)[C@H]1CCN(Cc2nnnn2C2CC2)C[C@H]1O.